The lowest BCUT2D eigenvalue weighted by Gasteiger charge is -2.14. The SMILES string of the molecule is O=S(=O)(c1ccccc1)c1ccccc1S(=O)(=O)c1ccccc1S(=O)(=O)c1ccccc1. The van der Waals surface area contributed by atoms with Crippen LogP contribution in [0.2, 0.25) is 0 Å². The maximum absolute atomic E-state index is 13.7. The minimum absolute atomic E-state index is 0.0714. The third-order valence-electron chi connectivity index (χ3n) is 4.96. The van der Waals surface area contributed by atoms with Crippen molar-refractivity contribution in [1.29, 1.82) is 0 Å². The molecular weight excluding hydrogens is 480 g/mol. The topological polar surface area (TPSA) is 102 Å². The first-order valence-corrected chi connectivity index (χ1v) is 14.2. The van der Waals surface area contributed by atoms with Crippen LogP contribution in [-0.2, 0) is 29.5 Å². The normalized spacial score (nSPS) is 12.4. The molecule has 4 aromatic rings. The Labute approximate surface area is 192 Å². The van der Waals surface area contributed by atoms with Gasteiger partial charge in [-0.25, -0.2) is 25.3 Å². The van der Waals surface area contributed by atoms with E-state index >= 15 is 0 Å². The van der Waals surface area contributed by atoms with E-state index in [9.17, 15) is 25.3 Å². The van der Waals surface area contributed by atoms with Crippen LogP contribution in [0.4, 0.5) is 0 Å². The second-order valence-electron chi connectivity index (χ2n) is 7.03. The number of benzene rings is 4. The predicted molar refractivity (Wildman–Crippen MR) is 122 cm³/mol. The van der Waals surface area contributed by atoms with E-state index in [2.05, 4.69) is 0 Å². The Morgan fingerprint density at radius 3 is 0.848 bits per heavy atom. The molecule has 0 aliphatic rings. The van der Waals surface area contributed by atoms with Crippen molar-refractivity contribution in [2.75, 3.05) is 0 Å². The van der Waals surface area contributed by atoms with E-state index in [0.717, 1.165) is 12.1 Å². The van der Waals surface area contributed by atoms with Crippen LogP contribution in [0.1, 0.15) is 0 Å². The maximum Gasteiger partial charge on any atom is 0.209 e. The highest BCUT2D eigenvalue weighted by Crippen LogP contribution is 2.35. The minimum Gasteiger partial charge on any atom is -0.218 e. The van der Waals surface area contributed by atoms with Gasteiger partial charge >= 0.3 is 0 Å². The highest BCUT2D eigenvalue weighted by molar-refractivity contribution is 7.96. The van der Waals surface area contributed by atoms with Crippen LogP contribution in [0.3, 0.4) is 0 Å². The van der Waals surface area contributed by atoms with Crippen LogP contribution in [-0.4, -0.2) is 25.3 Å². The first-order chi connectivity index (χ1) is 15.7. The fourth-order valence-corrected chi connectivity index (χ4v) is 8.81. The van der Waals surface area contributed by atoms with Gasteiger partial charge in [0.2, 0.25) is 29.5 Å². The van der Waals surface area contributed by atoms with Gasteiger partial charge in [0.25, 0.3) is 0 Å². The van der Waals surface area contributed by atoms with Crippen LogP contribution < -0.4 is 0 Å². The molecule has 4 aromatic carbocycles. The molecule has 0 bridgehead atoms. The second kappa shape index (κ2) is 8.58. The zero-order chi connectivity index (χ0) is 23.7. The summed E-state index contributed by atoms with van der Waals surface area (Å²) in [5, 5.41) is 0. The number of hydrogen-bond donors (Lipinski definition) is 0. The molecule has 0 saturated carbocycles. The Morgan fingerprint density at radius 2 is 0.545 bits per heavy atom. The van der Waals surface area contributed by atoms with E-state index in [4.69, 9.17) is 0 Å². The van der Waals surface area contributed by atoms with Gasteiger partial charge in [-0.2, -0.15) is 0 Å². The van der Waals surface area contributed by atoms with Gasteiger partial charge < -0.3 is 0 Å². The van der Waals surface area contributed by atoms with Crippen LogP contribution >= 0.6 is 0 Å². The van der Waals surface area contributed by atoms with Gasteiger partial charge in [0.05, 0.1) is 29.4 Å². The van der Waals surface area contributed by atoms with Gasteiger partial charge in [0.15, 0.2) is 0 Å². The Hall–Kier alpha value is -3.27. The first-order valence-electron chi connectivity index (χ1n) is 9.70. The lowest BCUT2D eigenvalue weighted by molar-refractivity contribution is 0.577. The molecule has 0 aliphatic carbocycles. The average Bonchev–Trinajstić information content (AvgIpc) is 2.85. The van der Waals surface area contributed by atoms with E-state index in [1.807, 2.05) is 0 Å². The molecule has 0 radical (unpaired) electrons. The molecule has 0 heterocycles. The highest BCUT2D eigenvalue weighted by Gasteiger charge is 2.33. The molecule has 9 heteroatoms. The van der Waals surface area contributed by atoms with Crippen molar-refractivity contribution in [3.63, 3.8) is 0 Å². The van der Waals surface area contributed by atoms with Crippen molar-refractivity contribution in [3.8, 4) is 0 Å². The zero-order valence-corrected chi connectivity index (χ0v) is 19.5. The van der Waals surface area contributed by atoms with Crippen molar-refractivity contribution in [2.24, 2.45) is 0 Å². The average molecular weight is 499 g/mol. The number of rotatable bonds is 6. The summed E-state index contributed by atoms with van der Waals surface area (Å²) in [6.45, 7) is 0. The molecule has 0 amide bonds. The molecule has 0 aliphatic heterocycles. The fraction of sp³-hybridized carbons (Fsp3) is 0. The van der Waals surface area contributed by atoms with Gasteiger partial charge in [-0.3, -0.25) is 0 Å². The Morgan fingerprint density at radius 1 is 0.303 bits per heavy atom. The summed E-state index contributed by atoms with van der Waals surface area (Å²) < 4.78 is 80.4. The smallest absolute Gasteiger partial charge is 0.209 e. The Balaban J connectivity index is 1.95. The molecule has 0 atom stereocenters. The molecule has 0 saturated heterocycles. The summed E-state index contributed by atoms with van der Waals surface area (Å²) in [4.78, 5) is -1.99. The molecule has 4 rings (SSSR count). The summed E-state index contributed by atoms with van der Waals surface area (Å²) in [5.41, 5.74) is 0. The standard InChI is InChI=1S/C24H18O6S3/c25-31(26,19-11-3-1-4-12-19)21-15-7-9-17-23(21)33(29,30)24-18-10-8-16-22(24)32(27,28)20-13-5-2-6-14-20/h1-18H. The largest absolute Gasteiger partial charge is 0.218 e. The molecule has 6 nitrogen and oxygen atoms in total. The van der Waals surface area contributed by atoms with Crippen molar-refractivity contribution in [1.82, 2.24) is 0 Å². The van der Waals surface area contributed by atoms with Crippen LogP contribution in [0.5, 0.6) is 0 Å². The monoisotopic (exact) mass is 498 g/mol. The first kappa shape index (κ1) is 22.9. The van der Waals surface area contributed by atoms with E-state index in [1.54, 1.807) is 12.1 Å². The zero-order valence-electron chi connectivity index (χ0n) is 17.1. The molecule has 0 aromatic heterocycles. The van der Waals surface area contributed by atoms with Crippen molar-refractivity contribution in [2.45, 2.75) is 29.4 Å². The van der Waals surface area contributed by atoms with Gasteiger partial charge in [0.1, 0.15) is 0 Å². The maximum atomic E-state index is 13.7. The van der Waals surface area contributed by atoms with Crippen LogP contribution in [0.25, 0.3) is 0 Å². The number of sulfone groups is 3. The van der Waals surface area contributed by atoms with Crippen molar-refractivity contribution in [3.05, 3.63) is 109 Å². The summed E-state index contributed by atoms with van der Waals surface area (Å²) in [6.07, 6.45) is 0. The molecule has 33 heavy (non-hydrogen) atoms. The van der Waals surface area contributed by atoms with E-state index in [-0.39, 0.29) is 9.79 Å². The third-order valence-corrected chi connectivity index (χ3v) is 10.7. The van der Waals surface area contributed by atoms with Crippen LogP contribution in [0, 0.1) is 0 Å². The Bertz CT molecular complexity index is 1510. The summed E-state index contributed by atoms with van der Waals surface area (Å²) in [7, 11) is -12.9. The highest BCUT2D eigenvalue weighted by atomic mass is 32.2. The Kier molecular flexibility index (Phi) is 5.96. The van der Waals surface area contributed by atoms with Gasteiger partial charge in [-0.1, -0.05) is 60.7 Å². The van der Waals surface area contributed by atoms with Gasteiger partial charge in [-0.15, -0.1) is 0 Å². The summed E-state index contributed by atoms with van der Waals surface area (Å²) in [5.74, 6) is 0. The van der Waals surface area contributed by atoms with E-state index < -0.39 is 49.1 Å². The lowest BCUT2D eigenvalue weighted by Crippen LogP contribution is -2.14. The van der Waals surface area contributed by atoms with Gasteiger partial charge in [0, 0.05) is 0 Å². The summed E-state index contributed by atoms with van der Waals surface area (Å²) >= 11 is 0. The lowest BCUT2D eigenvalue weighted by atomic mass is 10.4. The molecule has 168 valence electrons. The van der Waals surface area contributed by atoms with Crippen molar-refractivity contribution >= 4 is 29.5 Å². The fourth-order valence-electron chi connectivity index (χ4n) is 3.36. The van der Waals surface area contributed by atoms with Crippen molar-refractivity contribution < 1.29 is 25.3 Å². The summed E-state index contributed by atoms with van der Waals surface area (Å²) in [6, 6.07) is 25.2. The number of hydrogen-bond acceptors (Lipinski definition) is 6. The van der Waals surface area contributed by atoms with E-state index in [0.29, 0.717) is 0 Å². The molecule has 0 unspecified atom stereocenters. The molecular formula is C24H18O6S3. The van der Waals surface area contributed by atoms with E-state index in [1.165, 1.54) is 84.9 Å². The minimum atomic E-state index is -4.54. The molecule has 0 N–H and O–H groups in total. The third kappa shape index (κ3) is 4.10. The molecule has 0 fully saturated rings. The quantitative estimate of drug-likeness (QED) is 0.395. The second-order valence-corrected chi connectivity index (χ2v) is 12.8. The van der Waals surface area contributed by atoms with Crippen LogP contribution in [0.15, 0.2) is 139 Å². The predicted octanol–water partition coefficient (Wildman–Crippen LogP) is 4.19. The molecule has 0 spiro atoms. The van der Waals surface area contributed by atoms with Gasteiger partial charge in [-0.05, 0) is 48.5 Å².